The minimum absolute atomic E-state index is 0.0282. The standard InChI is InChI=1S/C21H22N4S/c1-15-11-12-18(24(15)2)20-19(17-10-6-7-13-22-17)23-21(26)25(20)14-16-8-4-3-5-9-16/h3-13,19-20H,14H2,1-2H3,(H,23,26)/t19-,20-/m1/s1. The van der Waals surface area contributed by atoms with Gasteiger partial charge >= 0.3 is 0 Å². The van der Waals surface area contributed by atoms with Crippen molar-refractivity contribution in [3.63, 3.8) is 0 Å². The Morgan fingerprint density at radius 2 is 1.81 bits per heavy atom. The molecule has 3 aromatic rings. The predicted molar refractivity (Wildman–Crippen MR) is 108 cm³/mol. The number of benzene rings is 1. The molecule has 2 aromatic heterocycles. The van der Waals surface area contributed by atoms with E-state index in [1.165, 1.54) is 17.0 Å². The lowest BCUT2D eigenvalue weighted by atomic mass is 10.0. The molecule has 0 saturated carbocycles. The van der Waals surface area contributed by atoms with Crippen LogP contribution in [0.15, 0.2) is 66.9 Å². The molecule has 1 aromatic carbocycles. The van der Waals surface area contributed by atoms with Crippen LogP contribution in [-0.4, -0.2) is 19.6 Å². The van der Waals surface area contributed by atoms with Gasteiger partial charge in [-0.15, -0.1) is 0 Å². The normalized spacial score (nSPS) is 19.6. The third-order valence-corrected chi connectivity index (χ3v) is 5.46. The lowest BCUT2D eigenvalue weighted by Gasteiger charge is -2.28. The highest BCUT2D eigenvalue weighted by Gasteiger charge is 2.40. The van der Waals surface area contributed by atoms with Crippen molar-refractivity contribution in [1.82, 2.24) is 19.8 Å². The first-order chi connectivity index (χ1) is 12.6. The van der Waals surface area contributed by atoms with Crippen LogP contribution in [0.25, 0.3) is 0 Å². The topological polar surface area (TPSA) is 33.1 Å². The second-order valence-corrected chi connectivity index (χ2v) is 7.09. The van der Waals surface area contributed by atoms with Crippen molar-refractivity contribution >= 4 is 17.3 Å². The molecule has 0 aliphatic carbocycles. The van der Waals surface area contributed by atoms with Crippen LogP contribution in [0.3, 0.4) is 0 Å². The van der Waals surface area contributed by atoms with Crippen molar-refractivity contribution < 1.29 is 0 Å². The fourth-order valence-electron chi connectivity index (χ4n) is 3.61. The molecule has 1 saturated heterocycles. The maximum absolute atomic E-state index is 5.72. The van der Waals surface area contributed by atoms with E-state index < -0.39 is 0 Å². The molecule has 3 heterocycles. The van der Waals surface area contributed by atoms with Gasteiger partial charge in [0.25, 0.3) is 0 Å². The highest BCUT2D eigenvalue weighted by atomic mass is 32.1. The molecule has 4 rings (SSSR count). The Morgan fingerprint density at radius 3 is 2.46 bits per heavy atom. The lowest BCUT2D eigenvalue weighted by molar-refractivity contribution is 0.299. The summed E-state index contributed by atoms with van der Waals surface area (Å²) in [4.78, 5) is 6.87. The highest BCUT2D eigenvalue weighted by molar-refractivity contribution is 7.80. The molecule has 1 fully saturated rings. The van der Waals surface area contributed by atoms with Gasteiger partial charge in [0.2, 0.25) is 0 Å². The van der Waals surface area contributed by atoms with Gasteiger partial charge in [0.15, 0.2) is 5.11 Å². The zero-order valence-corrected chi connectivity index (χ0v) is 15.8. The fourth-order valence-corrected chi connectivity index (χ4v) is 3.91. The molecule has 26 heavy (non-hydrogen) atoms. The monoisotopic (exact) mass is 362 g/mol. The van der Waals surface area contributed by atoms with E-state index in [9.17, 15) is 0 Å². The van der Waals surface area contributed by atoms with Crippen molar-refractivity contribution in [1.29, 1.82) is 0 Å². The van der Waals surface area contributed by atoms with Crippen molar-refractivity contribution in [3.05, 3.63) is 89.5 Å². The van der Waals surface area contributed by atoms with Crippen molar-refractivity contribution in [3.8, 4) is 0 Å². The molecule has 0 unspecified atom stereocenters. The molecule has 1 aliphatic rings. The maximum atomic E-state index is 5.72. The summed E-state index contributed by atoms with van der Waals surface area (Å²) in [5.74, 6) is 0. The Morgan fingerprint density at radius 1 is 1.04 bits per heavy atom. The van der Waals surface area contributed by atoms with Crippen molar-refractivity contribution in [2.24, 2.45) is 7.05 Å². The first-order valence-electron chi connectivity index (χ1n) is 8.79. The van der Waals surface area contributed by atoms with Gasteiger partial charge in [0.1, 0.15) is 0 Å². The Labute approximate surface area is 159 Å². The largest absolute Gasteiger partial charge is 0.352 e. The summed E-state index contributed by atoms with van der Waals surface area (Å²) in [6.07, 6.45) is 1.84. The Balaban J connectivity index is 1.76. The highest BCUT2D eigenvalue weighted by Crippen LogP contribution is 2.39. The molecular formula is C21H22N4S. The van der Waals surface area contributed by atoms with E-state index in [4.69, 9.17) is 12.2 Å². The molecule has 132 valence electrons. The van der Waals surface area contributed by atoms with Crippen LogP contribution in [0.2, 0.25) is 0 Å². The summed E-state index contributed by atoms with van der Waals surface area (Å²) in [7, 11) is 2.11. The first kappa shape index (κ1) is 16.8. The average Bonchev–Trinajstić information content (AvgIpc) is 3.17. The number of aromatic nitrogens is 2. The molecule has 5 heteroatoms. The van der Waals surface area contributed by atoms with Crippen LogP contribution in [0.1, 0.15) is 34.7 Å². The van der Waals surface area contributed by atoms with E-state index in [0.717, 1.165) is 17.4 Å². The van der Waals surface area contributed by atoms with Gasteiger partial charge in [-0.1, -0.05) is 36.4 Å². The summed E-state index contributed by atoms with van der Waals surface area (Å²) in [6, 6.07) is 21.0. The Kier molecular flexibility index (Phi) is 4.47. The van der Waals surface area contributed by atoms with Crippen molar-refractivity contribution in [2.75, 3.05) is 0 Å². The van der Waals surface area contributed by atoms with Crippen LogP contribution < -0.4 is 5.32 Å². The van der Waals surface area contributed by atoms with E-state index in [0.29, 0.717) is 0 Å². The zero-order chi connectivity index (χ0) is 18.1. The summed E-state index contributed by atoms with van der Waals surface area (Å²) in [5.41, 5.74) is 4.72. The van der Waals surface area contributed by atoms with Gasteiger partial charge in [-0.3, -0.25) is 4.98 Å². The molecule has 0 bridgehead atoms. The Hall–Kier alpha value is -2.66. The third kappa shape index (κ3) is 2.99. The van der Waals surface area contributed by atoms with Gasteiger partial charge in [0, 0.05) is 31.2 Å². The van der Waals surface area contributed by atoms with Crippen LogP contribution in [0.4, 0.5) is 0 Å². The molecule has 0 radical (unpaired) electrons. The van der Waals surface area contributed by atoms with E-state index in [1.807, 2.05) is 24.4 Å². The number of hydrogen-bond donors (Lipinski definition) is 1. The van der Waals surface area contributed by atoms with Crippen LogP contribution in [0.5, 0.6) is 0 Å². The smallest absolute Gasteiger partial charge is 0.170 e. The van der Waals surface area contributed by atoms with Gasteiger partial charge < -0.3 is 14.8 Å². The molecule has 1 aliphatic heterocycles. The average molecular weight is 363 g/mol. The van der Waals surface area contributed by atoms with Crippen LogP contribution >= 0.6 is 12.2 Å². The molecule has 0 amide bonds. The van der Waals surface area contributed by atoms with E-state index >= 15 is 0 Å². The number of thiocarbonyl (C=S) groups is 1. The second kappa shape index (κ2) is 6.92. The molecule has 2 atom stereocenters. The van der Waals surface area contributed by atoms with E-state index in [2.05, 4.69) is 76.2 Å². The van der Waals surface area contributed by atoms with Crippen LogP contribution in [0, 0.1) is 6.92 Å². The third-order valence-electron chi connectivity index (χ3n) is 5.11. The number of nitrogens with zero attached hydrogens (tertiary/aromatic N) is 3. The minimum Gasteiger partial charge on any atom is -0.352 e. The number of nitrogens with one attached hydrogen (secondary N) is 1. The van der Waals surface area contributed by atoms with Gasteiger partial charge in [-0.05, 0) is 49.0 Å². The number of rotatable bonds is 4. The minimum atomic E-state index is 0.0282. The maximum Gasteiger partial charge on any atom is 0.170 e. The van der Waals surface area contributed by atoms with Gasteiger partial charge in [-0.2, -0.15) is 0 Å². The van der Waals surface area contributed by atoms with E-state index in [-0.39, 0.29) is 12.1 Å². The SMILES string of the molecule is Cc1ccc([C@@H]2[C@@H](c3ccccn3)NC(=S)N2Cc2ccccc2)n1C. The second-order valence-electron chi connectivity index (χ2n) is 6.70. The van der Waals surface area contributed by atoms with Gasteiger partial charge in [0.05, 0.1) is 17.8 Å². The zero-order valence-electron chi connectivity index (χ0n) is 15.0. The molecule has 4 nitrogen and oxygen atoms in total. The van der Waals surface area contributed by atoms with Crippen LogP contribution in [-0.2, 0) is 13.6 Å². The lowest BCUT2D eigenvalue weighted by Crippen LogP contribution is -2.30. The van der Waals surface area contributed by atoms with Gasteiger partial charge in [-0.25, -0.2) is 0 Å². The van der Waals surface area contributed by atoms with Crippen molar-refractivity contribution in [2.45, 2.75) is 25.6 Å². The Bertz CT molecular complexity index is 904. The first-order valence-corrected chi connectivity index (χ1v) is 9.20. The summed E-state index contributed by atoms with van der Waals surface area (Å²) < 4.78 is 2.24. The number of aryl methyl sites for hydroxylation is 1. The molecule has 0 spiro atoms. The number of pyridine rings is 1. The predicted octanol–water partition coefficient (Wildman–Crippen LogP) is 3.90. The summed E-state index contributed by atoms with van der Waals surface area (Å²) in [6.45, 7) is 2.90. The van der Waals surface area contributed by atoms with E-state index in [1.54, 1.807) is 0 Å². The molecule has 1 N–H and O–H groups in total. The summed E-state index contributed by atoms with van der Waals surface area (Å²) >= 11 is 5.72. The summed E-state index contributed by atoms with van der Waals surface area (Å²) in [5, 5.41) is 4.28. The molecular weight excluding hydrogens is 340 g/mol. The quantitative estimate of drug-likeness (QED) is 0.714. The fraction of sp³-hybridized carbons (Fsp3) is 0.238. The number of hydrogen-bond acceptors (Lipinski definition) is 2.